The zero-order valence-corrected chi connectivity index (χ0v) is 11.6. The summed E-state index contributed by atoms with van der Waals surface area (Å²) in [4.78, 5) is 16.6. The van der Waals surface area contributed by atoms with Crippen LogP contribution in [0.1, 0.15) is 12.8 Å². The molecule has 3 rings (SSSR count). The van der Waals surface area contributed by atoms with Crippen LogP contribution in [0.3, 0.4) is 0 Å². The Balaban J connectivity index is 1.59. The van der Waals surface area contributed by atoms with Crippen LogP contribution in [0.5, 0.6) is 0 Å². The summed E-state index contributed by atoms with van der Waals surface area (Å²) in [7, 11) is 0. The van der Waals surface area contributed by atoms with E-state index < -0.39 is 0 Å². The van der Waals surface area contributed by atoms with Crippen molar-refractivity contribution in [3.8, 4) is 0 Å². The summed E-state index contributed by atoms with van der Waals surface area (Å²) in [6.45, 7) is 3.85. The molecule has 2 saturated heterocycles. The SMILES string of the molecule is O=C(Nc1ccc(Cl)cc1)N1CCN2CCC[C@@H]2C1. The third-order valence-corrected chi connectivity index (χ3v) is 4.22. The van der Waals surface area contributed by atoms with Gasteiger partial charge in [-0.2, -0.15) is 0 Å². The Hall–Kier alpha value is -1.26. The largest absolute Gasteiger partial charge is 0.322 e. The van der Waals surface area contributed by atoms with Gasteiger partial charge in [-0.15, -0.1) is 0 Å². The minimum Gasteiger partial charge on any atom is -0.322 e. The topological polar surface area (TPSA) is 35.6 Å². The first kappa shape index (κ1) is 12.8. The summed E-state index contributed by atoms with van der Waals surface area (Å²) in [5, 5.41) is 3.61. The fourth-order valence-electron chi connectivity index (χ4n) is 2.91. The van der Waals surface area contributed by atoms with Gasteiger partial charge >= 0.3 is 6.03 Å². The Bertz CT molecular complexity index is 462. The average Bonchev–Trinajstić information content (AvgIpc) is 2.88. The van der Waals surface area contributed by atoms with E-state index >= 15 is 0 Å². The van der Waals surface area contributed by atoms with Crippen LogP contribution in [-0.4, -0.2) is 48.1 Å². The van der Waals surface area contributed by atoms with Gasteiger partial charge in [0.15, 0.2) is 0 Å². The number of anilines is 1. The second-order valence-corrected chi connectivity index (χ2v) is 5.65. The molecule has 0 unspecified atom stereocenters. The number of nitrogens with one attached hydrogen (secondary N) is 1. The summed E-state index contributed by atoms with van der Waals surface area (Å²) >= 11 is 5.83. The van der Waals surface area contributed by atoms with Gasteiger partial charge in [-0.3, -0.25) is 4.90 Å². The van der Waals surface area contributed by atoms with Crippen molar-refractivity contribution in [1.29, 1.82) is 0 Å². The quantitative estimate of drug-likeness (QED) is 0.858. The lowest BCUT2D eigenvalue weighted by Gasteiger charge is -2.37. The molecular weight excluding hydrogens is 262 g/mol. The summed E-state index contributed by atoms with van der Waals surface area (Å²) in [6, 6.07) is 7.77. The predicted molar refractivity (Wildman–Crippen MR) is 76.6 cm³/mol. The highest BCUT2D eigenvalue weighted by atomic mass is 35.5. The van der Waals surface area contributed by atoms with Crippen molar-refractivity contribution in [1.82, 2.24) is 9.80 Å². The lowest BCUT2D eigenvalue weighted by atomic mass is 10.1. The molecule has 0 saturated carbocycles. The molecule has 1 aromatic rings. The normalized spacial score (nSPS) is 23.2. The number of benzene rings is 1. The Morgan fingerprint density at radius 2 is 2.00 bits per heavy atom. The van der Waals surface area contributed by atoms with Crippen molar-refractivity contribution in [3.05, 3.63) is 29.3 Å². The number of fused-ring (bicyclic) bond motifs is 1. The van der Waals surface area contributed by atoms with E-state index in [1.54, 1.807) is 12.1 Å². The van der Waals surface area contributed by atoms with E-state index in [-0.39, 0.29) is 6.03 Å². The maximum absolute atomic E-state index is 12.2. The first-order valence-electron chi connectivity index (χ1n) is 6.78. The summed E-state index contributed by atoms with van der Waals surface area (Å²) < 4.78 is 0. The van der Waals surface area contributed by atoms with Crippen LogP contribution < -0.4 is 5.32 Å². The van der Waals surface area contributed by atoms with Crippen LogP contribution in [-0.2, 0) is 0 Å². The highest BCUT2D eigenvalue weighted by molar-refractivity contribution is 6.30. The Morgan fingerprint density at radius 3 is 2.79 bits per heavy atom. The second-order valence-electron chi connectivity index (χ2n) is 5.22. The standard InChI is InChI=1S/C14H18ClN3O/c15-11-3-5-12(6-4-11)16-14(19)18-9-8-17-7-1-2-13(17)10-18/h3-6,13H,1-2,7-10H2,(H,16,19)/t13-/m1/s1. The molecule has 4 nitrogen and oxygen atoms in total. The second kappa shape index (κ2) is 5.39. The number of piperazine rings is 1. The number of urea groups is 1. The van der Waals surface area contributed by atoms with Crippen molar-refractivity contribution >= 4 is 23.3 Å². The molecule has 0 aromatic heterocycles. The van der Waals surface area contributed by atoms with Gasteiger partial charge < -0.3 is 10.2 Å². The number of halogens is 1. The van der Waals surface area contributed by atoms with Crippen molar-refractivity contribution in [2.75, 3.05) is 31.5 Å². The number of hydrogen-bond acceptors (Lipinski definition) is 2. The van der Waals surface area contributed by atoms with Crippen LogP contribution >= 0.6 is 11.6 Å². The van der Waals surface area contributed by atoms with Gasteiger partial charge in [0.05, 0.1) is 0 Å². The van der Waals surface area contributed by atoms with Crippen molar-refractivity contribution in [3.63, 3.8) is 0 Å². The number of carbonyl (C=O) groups is 1. The molecule has 2 fully saturated rings. The molecule has 2 aliphatic rings. The van der Waals surface area contributed by atoms with E-state index in [1.165, 1.54) is 19.4 Å². The van der Waals surface area contributed by atoms with Crippen LogP contribution in [0.4, 0.5) is 10.5 Å². The lowest BCUT2D eigenvalue weighted by molar-refractivity contribution is 0.124. The third-order valence-electron chi connectivity index (χ3n) is 3.97. The van der Waals surface area contributed by atoms with Gasteiger partial charge in [0, 0.05) is 36.4 Å². The molecule has 19 heavy (non-hydrogen) atoms. The summed E-state index contributed by atoms with van der Waals surface area (Å²) in [5.74, 6) is 0. The molecule has 102 valence electrons. The molecule has 1 atom stereocenters. The van der Waals surface area contributed by atoms with E-state index in [4.69, 9.17) is 11.6 Å². The summed E-state index contributed by atoms with van der Waals surface area (Å²) in [5.41, 5.74) is 0.795. The minimum absolute atomic E-state index is 0.00567. The molecule has 0 aliphatic carbocycles. The Kier molecular flexibility index (Phi) is 3.62. The monoisotopic (exact) mass is 279 g/mol. The van der Waals surface area contributed by atoms with Crippen LogP contribution in [0.15, 0.2) is 24.3 Å². The fourth-order valence-corrected chi connectivity index (χ4v) is 3.04. The first-order valence-corrected chi connectivity index (χ1v) is 7.16. The van der Waals surface area contributed by atoms with Gasteiger partial charge in [0.1, 0.15) is 0 Å². The molecule has 2 aliphatic heterocycles. The number of rotatable bonds is 1. The van der Waals surface area contributed by atoms with E-state index in [1.807, 2.05) is 17.0 Å². The Morgan fingerprint density at radius 1 is 1.21 bits per heavy atom. The predicted octanol–water partition coefficient (Wildman–Crippen LogP) is 2.65. The van der Waals surface area contributed by atoms with Gasteiger partial charge in [-0.05, 0) is 43.7 Å². The van der Waals surface area contributed by atoms with E-state index in [0.717, 1.165) is 25.3 Å². The minimum atomic E-state index is -0.00567. The summed E-state index contributed by atoms with van der Waals surface area (Å²) in [6.07, 6.45) is 2.47. The van der Waals surface area contributed by atoms with Gasteiger partial charge in [0.25, 0.3) is 0 Å². The zero-order chi connectivity index (χ0) is 13.2. The average molecular weight is 280 g/mol. The van der Waals surface area contributed by atoms with E-state index in [0.29, 0.717) is 11.1 Å². The first-order chi connectivity index (χ1) is 9.22. The van der Waals surface area contributed by atoms with Crippen molar-refractivity contribution in [2.45, 2.75) is 18.9 Å². The molecule has 0 bridgehead atoms. The fraction of sp³-hybridized carbons (Fsp3) is 0.500. The molecule has 1 N–H and O–H groups in total. The van der Waals surface area contributed by atoms with Crippen LogP contribution in [0.2, 0.25) is 5.02 Å². The van der Waals surface area contributed by atoms with Crippen LogP contribution in [0.25, 0.3) is 0 Å². The number of hydrogen-bond donors (Lipinski definition) is 1. The van der Waals surface area contributed by atoms with Gasteiger partial charge in [0.2, 0.25) is 0 Å². The zero-order valence-electron chi connectivity index (χ0n) is 10.8. The van der Waals surface area contributed by atoms with Crippen LogP contribution in [0, 0.1) is 0 Å². The molecule has 0 spiro atoms. The molecule has 0 radical (unpaired) electrons. The molecular formula is C14H18ClN3O. The van der Waals surface area contributed by atoms with Crippen molar-refractivity contribution in [2.24, 2.45) is 0 Å². The lowest BCUT2D eigenvalue weighted by Crippen LogP contribution is -2.53. The number of amides is 2. The molecule has 1 aromatic carbocycles. The maximum atomic E-state index is 12.2. The number of carbonyl (C=O) groups excluding carboxylic acids is 1. The molecule has 2 heterocycles. The highest BCUT2D eigenvalue weighted by Crippen LogP contribution is 2.22. The molecule has 5 heteroatoms. The third kappa shape index (κ3) is 2.85. The smallest absolute Gasteiger partial charge is 0.321 e. The molecule has 2 amide bonds. The number of nitrogens with zero attached hydrogens (tertiary/aromatic N) is 2. The van der Waals surface area contributed by atoms with E-state index in [2.05, 4.69) is 10.2 Å². The van der Waals surface area contributed by atoms with E-state index in [9.17, 15) is 4.79 Å². The van der Waals surface area contributed by atoms with Crippen molar-refractivity contribution < 1.29 is 4.79 Å². The van der Waals surface area contributed by atoms with Gasteiger partial charge in [-0.25, -0.2) is 4.79 Å². The Labute approximate surface area is 118 Å². The maximum Gasteiger partial charge on any atom is 0.321 e. The highest BCUT2D eigenvalue weighted by Gasteiger charge is 2.32. The van der Waals surface area contributed by atoms with Gasteiger partial charge in [-0.1, -0.05) is 11.6 Å².